The molecule has 0 spiro atoms. The van der Waals surface area contributed by atoms with Crippen LogP contribution < -0.4 is 0 Å². The van der Waals surface area contributed by atoms with Gasteiger partial charge in [0.15, 0.2) is 0 Å². The second kappa shape index (κ2) is 7.13. The number of unbranched alkanes of at least 4 members (excludes halogenated alkanes) is 3. The van der Waals surface area contributed by atoms with Crippen molar-refractivity contribution in [1.29, 1.82) is 0 Å². The molecule has 0 fully saturated rings. The van der Waals surface area contributed by atoms with E-state index in [2.05, 4.69) is 22.5 Å². The predicted molar refractivity (Wildman–Crippen MR) is 48.6 cm³/mol. The molecule has 60 valence electrons. The average molecular weight is 207 g/mol. The van der Waals surface area contributed by atoms with Crippen LogP contribution in [-0.2, 0) is 0 Å². The highest BCUT2D eigenvalue weighted by Gasteiger charge is 1.90. The zero-order chi connectivity index (χ0) is 7.82. The van der Waals surface area contributed by atoms with Gasteiger partial charge in [-0.3, -0.25) is 0 Å². The monoisotopic (exact) mass is 206 g/mol. The van der Waals surface area contributed by atoms with Gasteiger partial charge in [0.05, 0.1) is 5.76 Å². The first kappa shape index (κ1) is 10.0. The summed E-state index contributed by atoms with van der Waals surface area (Å²) in [6.07, 6.45) is 5.52. The van der Waals surface area contributed by atoms with Crippen molar-refractivity contribution in [2.75, 3.05) is 5.33 Å². The Hall–Kier alpha value is 0.0200. The number of aliphatic hydroxyl groups excluding tert-OH is 1. The summed E-state index contributed by atoms with van der Waals surface area (Å²) in [5.41, 5.74) is 0. The van der Waals surface area contributed by atoms with Crippen LogP contribution in [0.3, 0.4) is 0 Å². The molecule has 0 heterocycles. The van der Waals surface area contributed by atoms with Gasteiger partial charge in [0, 0.05) is 11.8 Å². The lowest BCUT2D eigenvalue weighted by Crippen LogP contribution is -1.81. The molecule has 0 saturated heterocycles. The van der Waals surface area contributed by atoms with E-state index in [0.29, 0.717) is 5.76 Å². The summed E-state index contributed by atoms with van der Waals surface area (Å²) < 4.78 is 0. The summed E-state index contributed by atoms with van der Waals surface area (Å²) in [7, 11) is 0. The zero-order valence-corrected chi connectivity index (χ0v) is 7.86. The van der Waals surface area contributed by atoms with Crippen LogP contribution in [0, 0.1) is 0 Å². The third-order valence-corrected chi connectivity index (χ3v) is 1.91. The second-order valence-electron chi connectivity index (χ2n) is 2.42. The predicted octanol–water partition coefficient (Wildman–Crippen LogP) is 3.40. The van der Waals surface area contributed by atoms with Gasteiger partial charge in [-0.1, -0.05) is 35.4 Å². The van der Waals surface area contributed by atoms with Crippen LogP contribution in [0.4, 0.5) is 0 Å². The minimum Gasteiger partial charge on any atom is -0.513 e. The molecule has 0 amide bonds. The van der Waals surface area contributed by atoms with E-state index >= 15 is 0 Å². The molecule has 0 aliphatic rings. The minimum atomic E-state index is 0.318. The van der Waals surface area contributed by atoms with E-state index in [9.17, 15) is 0 Å². The van der Waals surface area contributed by atoms with Crippen molar-refractivity contribution in [2.45, 2.75) is 32.1 Å². The first-order chi connectivity index (χ1) is 4.77. The lowest BCUT2D eigenvalue weighted by molar-refractivity contribution is 0.383. The third kappa shape index (κ3) is 8.02. The standard InChI is InChI=1S/C8H15BrO/c1-8(10)6-4-2-3-5-7-9/h10H,1-7H2. The van der Waals surface area contributed by atoms with E-state index in [0.717, 1.165) is 18.2 Å². The molecule has 0 aromatic carbocycles. The highest BCUT2D eigenvalue weighted by Crippen LogP contribution is 2.06. The minimum absolute atomic E-state index is 0.318. The Labute approximate surface area is 71.3 Å². The van der Waals surface area contributed by atoms with Crippen LogP contribution in [-0.4, -0.2) is 10.4 Å². The fourth-order valence-corrected chi connectivity index (χ4v) is 1.17. The maximum absolute atomic E-state index is 8.71. The summed E-state index contributed by atoms with van der Waals surface area (Å²) in [6.45, 7) is 3.42. The van der Waals surface area contributed by atoms with E-state index in [1.54, 1.807) is 0 Å². The van der Waals surface area contributed by atoms with Crippen LogP contribution in [0.5, 0.6) is 0 Å². The van der Waals surface area contributed by atoms with Crippen LogP contribution in [0.15, 0.2) is 12.3 Å². The lowest BCUT2D eigenvalue weighted by atomic mass is 10.1. The molecule has 0 aliphatic carbocycles. The highest BCUT2D eigenvalue weighted by molar-refractivity contribution is 9.09. The molecular formula is C8H15BrO. The van der Waals surface area contributed by atoms with Crippen LogP contribution in [0.2, 0.25) is 0 Å². The van der Waals surface area contributed by atoms with Crippen molar-refractivity contribution in [2.24, 2.45) is 0 Å². The Balaban J connectivity index is 2.84. The van der Waals surface area contributed by atoms with E-state index < -0.39 is 0 Å². The maximum atomic E-state index is 8.71. The Bertz CT molecular complexity index is 91.3. The highest BCUT2D eigenvalue weighted by atomic mass is 79.9. The quantitative estimate of drug-likeness (QED) is 0.402. The van der Waals surface area contributed by atoms with Gasteiger partial charge in [-0.15, -0.1) is 0 Å². The molecule has 0 aliphatic heterocycles. The number of alkyl halides is 1. The van der Waals surface area contributed by atoms with Crippen LogP contribution >= 0.6 is 15.9 Å². The normalized spacial score (nSPS) is 9.70. The first-order valence-electron chi connectivity index (χ1n) is 3.70. The molecule has 1 N–H and O–H groups in total. The second-order valence-corrected chi connectivity index (χ2v) is 3.21. The fourth-order valence-electron chi connectivity index (χ4n) is 0.777. The van der Waals surface area contributed by atoms with Crippen molar-refractivity contribution in [1.82, 2.24) is 0 Å². The molecule has 0 radical (unpaired) electrons. The Morgan fingerprint density at radius 1 is 1.20 bits per heavy atom. The first-order valence-corrected chi connectivity index (χ1v) is 4.82. The van der Waals surface area contributed by atoms with Gasteiger partial charge < -0.3 is 5.11 Å². The van der Waals surface area contributed by atoms with Gasteiger partial charge in [0.25, 0.3) is 0 Å². The van der Waals surface area contributed by atoms with E-state index in [-0.39, 0.29) is 0 Å². The van der Waals surface area contributed by atoms with Gasteiger partial charge >= 0.3 is 0 Å². The molecule has 0 aromatic heterocycles. The summed E-state index contributed by atoms with van der Waals surface area (Å²) >= 11 is 3.36. The molecule has 2 heteroatoms. The van der Waals surface area contributed by atoms with E-state index in [1.807, 2.05) is 0 Å². The average Bonchev–Trinajstić information content (AvgIpc) is 1.87. The largest absolute Gasteiger partial charge is 0.513 e. The molecule has 10 heavy (non-hydrogen) atoms. The van der Waals surface area contributed by atoms with Gasteiger partial charge in [0.2, 0.25) is 0 Å². The lowest BCUT2D eigenvalue weighted by Gasteiger charge is -1.97. The third-order valence-electron chi connectivity index (χ3n) is 1.35. The van der Waals surface area contributed by atoms with Crippen molar-refractivity contribution >= 4 is 15.9 Å². The van der Waals surface area contributed by atoms with Crippen LogP contribution in [0.1, 0.15) is 32.1 Å². The van der Waals surface area contributed by atoms with Crippen molar-refractivity contribution < 1.29 is 5.11 Å². The summed E-state index contributed by atoms with van der Waals surface area (Å²) in [5.74, 6) is 0.318. The number of hydrogen-bond acceptors (Lipinski definition) is 1. The molecule has 0 atom stereocenters. The Morgan fingerprint density at radius 2 is 1.80 bits per heavy atom. The molecule has 0 saturated carbocycles. The van der Waals surface area contributed by atoms with Crippen molar-refractivity contribution in [3.63, 3.8) is 0 Å². The summed E-state index contributed by atoms with van der Waals surface area (Å²) in [5, 5.41) is 9.80. The van der Waals surface area contributed by atoms with E-state index in [1.165, 1.54) is 19.3 Å². The number of allylic oxidation sites excluding steroid dienone is 1. The zero-order valence-electron chi connectivity index (χ0n) is 6.27. The summed E-state index contributed by atoms with van der Waals surface area (Å²) in [4.78, 5) is 0. The molecule has 0 rings (SSSR count). The van der Waals surface area contributed by atoms with Gasteiger partial charge in [-0.25, -0.2) is 0 Å². The van der Waals surface area contributed by atoms with Gasteiger partial charge in [-0.05, 0) is 12.8 Å². The van der Waals surface area contributed by atoms with Crippen molar-refractivity contribution in [3.05, 3.63) is 12.3 Å². The molecule has 0 unspecified atom stereocenters. The Morgan fingerprint density at radius 3 is 2.30 bits per heavy atom. The maximum Gasteiger partial charge on any atom is 0.0851 e. The van der Waals surface area contributed by atoms with E-state index in [4.69, 9.17) is 5.11 Å². The molecular weight excluding hydrogens is 192 g/mol. The molecule has 0 bridgehead atoms. The molecule has 0 aromatic rings. The topological polar surface area (TPSA) is 20.2 Å². The number of aliphatic hydroxyl groups is 1. The Kier molecular flexibility index (Phi) is 7.15. The SMILES string of the molecule is C=C(O)CCCCCCBr. The van der Waals surface area contributed by atoms with Crippen molar-refractivity contribution in [3.8, 4) is 0 Å². The summed E-state index contributed by atoms with van der Waals surface area (Å²) in [6, 6.07) is 0. The molecule has 1 nitrogen and oxygen atoms in total. The van der Waals surface area contributed by atoms with Gasteiger partial charge in [-0.2, -0.15) is 0 Å². The number of hydrogen-bond donors (Lipinski definition) is 1. The van der Waals surface area contributed by atoms with Gasteiger partial charge in [0.1, 0.15) is 0 Å². The smallest absolute Gasteiger partial charge is 0.0851 e. The number of rotatable bonds is 6. The fraction of sp³-hybridized carbons (Fsp3) is 0.750. The number of halogens is 1. The van der Waals surface area contributed by atoms with Crippen LogP contribution in [0.25, 0.3) is 0 Å².